The van der Waals surface area contributed by atoms with Crippen LogP contribution in [0.25, 0.3) is 0 Å². The van der Waals surface area contributed by atoms with E-state index in [0.717, 1.165) is 31.0 Å². The standard InChI is InChI=1S/C12H17N3O/c16-11-6-10(8-3-4-8)14-12(15-11)9-2-1-5-13-7-9/h6,8-9,13H,1-5,7H2,(H,14,15,16). The lowest BCUT2D eigenvalue weighted by Crippen LogP contribution is -2.30. The van der Waals surface area contributed by atoms with E-state index in [1.165, 1.54) is 19.3 Å². The predicted octanol–water partition coefficient (Wildman–Crippen LogP) is 1.11. The predicted molar refractivity (Wildman–Crippen MR) is 61.7 cm³/mol. The van der Waals surface area contributed by atoms with Crippen molar-refractivity contribution in [1.29, 1.82) is 0 Å². The fourth-order valence-corrected chi connectivity index (χ4v) is 2.36. The summed E-state index contributed by atoms with van der Waals surface area (Å²) in [6.45, 7) is 2.03. The molecule has 4 nitrogen and oxygen atoms in total. The molecular weight excluding hydrogens is 202 g/mol. The van der Waals surface area contributed by atoms with Gasteiger partial charge in [-0.3, -0.25) is 4.79 Å². The van der Waals surface area contributed by atoms with E-state index in [4.69, 9.17) is 0 Å². The van der Waals surface area contributed by atoms with Gasteiger partial charge in [0.2, 0.25) is 0 Å². The average Bonchev–Trinajstić information content (AvgIpc) is 3.13. The SMILES string of the molecule is O=c1cc(C2CC2)nc(C2CCCNC2)[nH]1. The monoisotopic (exact) mass is 219 g/mol. The Labute approximate surface area is 94.5 Å². The van der Waals surface area contributed by atoms with E-state index in [1.54, 1.807) is 6.07 Å². The van der Waals surface area contributed by atoms with Gasteiger partial charge in [-0.1, -0.05) is 0 Å². The maximum absolute atomic E-state index is 11.6. The summed E-state index contributed by atoms with van der Waals surface area (Å²) in [5.41, 5.74) is 1.02. The highest BCUT2D eigenvalue weighted by Gasteiger charge is 2.27. The average molecular weight is 219 g/mol. The summed E-state index contributed by atoms with van der Waals surface area (Å²) >= 11 is 0. The van der Waals surface area contributed by atoms with Crippen LogP contribution in [0.3, 0.4) is 0 Å². The number of nitrogens with zero attached hydrogens (tertiary/aromatic N) is 1. The third-order valence-corrected chi connectivity index (χ3v) is 3.46. The van der Waals surface area contributed by atoms with Crippen molar-refractivity contribution in [2.45, 2.75) is 37.5 Å². The second-order valence-electron chi connectivity index (χ2n) is 4.87. The van der Waals surface area contributed by atoms with E-state index >= 15 is 0 Å². The zero-order chi connectivity index (χ0) is 11.0. The Bertz CT molecular complexity index is 430. The van der Waals surface area contributed by atoms with E-state index in [2.05, 4.69) is 15.3 Å². The van der Waals surface area contributed by atoms with Crippen LogP contribution in [0, 0.1) is 0 Å². The third-order valence-electron chi connectivity index (χ3n) is 3.46. The van der Waals surface area contributed by atoms with Gasteiger partial charge >= 0.3 is 0 Å². The van der Waals surface area contributed by atoms with Gasteiger partial charge in [0.1, 0.15) is 5.82 Å². The highest BCUT2D eigenvalue weighted by Crippen LogP contribution is 2.38. The summed E-state index contributed by atoms with van der Waals surface area (Å²) in [5, 5.41) is 3.36. The van der Waals surface area contributed by atoms with E-state index in [-0.39, 0.29) is 5.56 Å². The number of nitrogens with one attached hydrogen (secondary N) is 2. The van der Waals surface area contributed by atoms with Gasteiger partial charge in [0.15, 0.2) is 0 Å². The number of hydrogen-bond acceptors (Lipinski definition) is 3. The summed E-state index contributed by atoms with van der Waals surface area (Å²) < 4.78 is 0. The molecule has 2 heterocycles. The molecule has 3 rings (SSSR count). The van der Waals surface area contributed by atoms with Crippen LogP contribution in [0.1, 0.15) is 49.0 Å². The molecule has 86 valence electrons. The lowest BCUT2D eigenvalue weighted by molar-refractivity contribution is 0.444. The van der Waals surface area contributed by atoms with E-state index in [9.17, 15) is 4.79 Å². The smallest absolute Gasteiger partial charge is 0.251 e. The molecule has 4 heteroatoms. The number of H-pyrrole nitrogens is 1. The number of aromatic amines is 1. The zero-order valence-electron chi connectivity index (χ0n) is 9.33. The maximum Gasteiger partial charge on any atom is 0.251 e. The number of rotatable bonds is 2. The topological polar surface area (TPSA) is 57.8 Å². The molecular formula is C12H17N3O. The van der Waals surface area contributed by atoms with Gasteiger partial charge < -0.3 is 10.3 Å². The minimum Gasteiger partial charge on any atom is -0.316 e. The van der Waals surface area contributed by atoms with Crippen LogP contribution in [0.2, 0.25) is 0 Å². The molecule has 0 spiro atoms. The summed E-state index contributed by atoms with van der Waals surface area (Å²) in [7, 11) is 0. The Balaban J connectivity index is 1.89. The van der Waals surface area contributed by atoms with Crippen LogP contribution >= 0.6 is 0 Å². The molecule has 1 unspecified atom stereocenters. The summed E-state index contributed by atoms with van der Waals surface area (Å²) in [6, 6.07) is 1.66. The first-order chi connectivity index (χ1) is 7.83. The van der Waals surface area contributed by atoms with Crippen molar-refractivity contribution in [3.8, 4) is 0 Å². The Morgan fingerprint density at radius 2 is 2.12 bits per heavy atom. The maximum atomic E-state index is 11.6. The van der Waals surface area contributed by atoms with Crippen molar-refractivity contribution in [2.24, 2.45) is 0 Å². The van der Waals surface area contributed by atoms with Crippen molar-refractivity contribution in [2.75, 3.05) is 13.1 Å². The first kappa shape index (κ1) is 10.0. The first-order valence-electron chi connectivity index (χ1n) is 6.15. The molecule has 1 aliphatic heterocycles. The van der Waals surface area contributed by atoms with Crippen molar-refractivity contribution < 1.29 is 0 Å². The molecule has 1 saturated carbocycles. The third kappa shape index (κ3) is 2.02. The van der Waals surface area contributed by atoms with Crippen LogP contribution in [0.4, 0.5) is 0 Å². The second-order valence-corrected chi connectivity index (χ2v) is 4.87. The van der Waals surface area contributed by atoms with Gasteiger partial charge in [-0.25, -0.2) is 4.98 Å². The summed E-state index contributed by atoms with van der Waals surface area (Å²) in [5.74, 6) is 1.83. The van der Waals surface area contributed by atoms with Gasteiger partial charge in [0, 0.05) is 24.4 Å². The minimum absolute atomic E-state index is 0.0115. The van der Waals surface area contributed by atoms with Crippen LogP contribution in [-0.4, -0.2) is 23.1 Å². The van der Waals surface area contributed by atoms with Gasteiger partial charge in [-0.15, -0.1) is 0 Å². The Kier molecular flexibility index (Phi) is 2.52. The molecule has 1 atom stereocenters. The molecule has 2 aliphatic rings. The molecule has 1 saturated heterocycles. The summed E-state index contributed by atoms with van der Waals surface area (Å²) in [4.78, 5) is 19.1. The number of aromatic nitrogens is 2. The highest BCUT2D eigenvalue weighted by atomic mass is 16.1. The lowest BCUT2D eigenvalue weighted by Gasteiger charge is -2.22. The molecule has 1 aromatic heterocycles. The normalized spacial score (nSPS) is 25.6. The van der Waals surface area contributed by atoms with Crippen LogP contribution in [-0.2, 0) is 0 Å². The Morgan fingerprint density at radius 3 is 2.81 bits per heavy atom. The molecule has 0 bridgehead atoms. The molecule has 0 amide bonds. The zero-order valence-corrected chi connectivity index (χ0v) is 9.33. The number of hydrogen-bond donors (Lipinski definition) is 2. The van der Waals surface area contributed by atoms with Crippen molar-refractivity contribution in [1.82, 2.24) is 15.3 Å². The van der Waals surface area contributed by atoms with Gasteiger partial charge in [0.25, 0.3) is 5.56 Å². The lowest BCUT2D eigenvalue weighted by atomic mass is 9.99. The molecule has 0 aromatic carbocycles. The second kappa shape index (κ2) is 4.01. The highest BCUT2D eigenvalue weighted by molar-refractivity contribution is 5.15. The molecule has 2 fully saturated rings. The van der Waals surface area contributed by atoms with Crippen LogP contribution in [0.15, 0.2) is 10.9 Å². The van der Waals surface area contributed by atoms with Crippen molar-refractivity contribution in [3.05, 3.63) is 27.9 Å². The molecule has 16 heavy (non-hydrogen) atoms. The molecule has 1 aliphatic carbocycles. The first-order valence-corrected chi connectivity index (χ1v) is 6.15. The van der Waals surface area contributed by atoms with Gasteiger partial charge in [-0.05, 0) is 32.2 Å². The molecule has 0 radical (unpaired) electrons. The Hall–Kier alpha value is -1.16. The number of piperidine rings is 1. The minimum atomic E-state index is 0.0115. The van der Waals surface area contributed by atoms with E-state index in [1.807, 2.05) is 0 Å². The fraction of sp³-hybridized carbons (Fsp3) is 0.667. The quantitative estimate of drug-likeness (QED) is 0.783. The van der Waals surface area contributed by atoms with Crippen LogP contribution in [0.5, 0.6) is 0 Å². The Morgan fingerprint density at radius 1 is 1.25 bits per heavy atom. The fourth-order valence-electron chi connectivity index (χ4n) is 2.36. The van der Waals surface area contributed by atoms with Crippen molar-refractivity contribution in [3.63, 3.8) is 0 Å². The van der Waals surface area contributed by atoms with E-state index in [0.29, 0.717) is 11.8 Å². The van der Waals surface area contributed by atoms with E-state index < -0.39 is 0 Å². The van der Waals surface area contributed by atoms with Crippen molar-refractivity contribution >= 4 is 0 Å². The summed E-state index contributed by atoms with van der Waals surface area (Å²) in [6.07, 6.45) is 4.68. The van der Waals surface area contributed by atoms with Gasteiger partial charge in [-0.2, -0.15) is 0 Å². The largest absolute Gasteiger partial charge is 0.316 e. The molecule has 2 N–H and O–H groups in total. The molecule has 1 aromatic rings. The van der Waals surface area contributed by atoms with Crippen LogP contribution < -0.4 is 10.9 Å². The van der Waals surface area contributed by atoms with Gasteiger partial charge in [0.05, 0.1) is 5.69 Å².